The molecule has 0 aliphatic carbocycles. The Hall–Kier alpha value is -2.54. The van der Waals surface area contributed by atoms with Gasteiger partial charge in [0.05, 0.1) is 20.3 Å². The molecule has 0 bridgehead atoms. The maximum absolute atomic E-state index is 13.0. The number of hydrogen-bond donors (Lipinski definition) is 0. The van der Waals surface area contributed by atoms with Crippen LogP contribution in [0.4, 0.5) is 13.2 Å². The molecule has 7 heteroatoms. The Balaban J connectivity index is 1.73. The summed E-state index contributed by atoms with van der Waals surface area (Å²) in [6.07, 6.45) is -5.13. The number of rotatable bonds is 5. The van der Waals surface area contributed by atoms with Crippen LogP contribution in [0, 0.1) is 0 Å². The quantitative estimate of drug-likeness (QED) is 0.774. The first kappa shape index (κ1) is 20.2. The van der Waals surface area contributed by atoms with Crippen molar-refractivity contribution >= 4 is 5.91 Å². The highest BCUT2D eigenvalue weighted by Gasteiger charge is 2.44. The molecule has 0 saturated carbocycles. The number of amides is 1. The lowest BCUT2D eigenvalue weighted by atomic mass is 9.98. The minimum atomic E-state index is -4.48. The molecule has 2 aromatic carbocycles. The highest BCUT2D eigenvalue weighted by molar-refractivity contribution is 5.95. The van der Waals surface area contributed by atoms with Crippen LogP contribution in [0.2, 0.25) is 0 Å². The number of ether oxygens (including phenoxy) is 2. The van der Waals surface area contributed by atoms with Gasteiger partial charge in [-0.3, -0.25) is 4.79 Å². The van der Waals surface area contributed by atoms with Gasteiger partial charge in [-0.25, -0.2) is 0 Å². The lowest BCUT2D eigenvalue weighted by molar-refractivity contribution is -0.233. The number of nitrogens with zero attached hydrogens (tertiary/aromatic N) is 1. The second-order valence-corrected chi connectivity index (χ2v) is 6.66. The van der Waals surface area contributed by atoms with Gasteiger partial charge in [0.25, 0.3) is 5.91 Å². The largest absolute Gasteiger partial charge is 0.497 e. The number of carbonyl (C=O) groups excluding carboxylic acids is 1. The molecule has 1 saturated heterocycles. The van der Waals surface area contributed by atoms with Crippen molar-refractivity contribution in [3.63, 3.8) is 0 Å². The highest BCUT2D eigenvalue weighted by atomic mass is 19.4. The van der Waals surface area contributed by atoms with E-state index < -0.39 is 24.7 Å². The lowest BCUT2D eigenvalue weighted by Gasteiger charge is -2.34. The van der Waals surface area contributed by atoms with Crippen molar-refractivity contribution in [1.29, 1.82) is 0 Å². The summed E-state index contributed by atoms with van der Waals surface area (Å²) in [5.41, 5.74) is 2.31. The van der Waals surface area contributed by atoms with E-state index in [4.69, 9.17) is 9.47 Å². The van der Waals surface area contributed by atoms with Gasteiger partial charge in [0.1, 0.15) is 5.75 Å². The van der Waals surface area contributed by atoms with Crippen LogP contribution >= 0.6 is 0 Å². The van der Waals surface area contributed by atoms with Crippen LogP contribution in [-0.2, 0) is 17.6 Å². The molecular formula is C21H22F3NO3. The smallest absolute Gasteiger partial charge is 0.416 e. The zero-order valence-electron chi connectivity index (χ0n) is 15.5. The first-order valence-corrected chi connectivity index (χ1v) is 9.07. The molecule has 1 fully saturated rings. The van der Waals surface area contributed by atoms with E-state index in [1.165, 1.54) is 4.90 Å². The number of alkyl halides is 3. The molecule has 0 spiro atoms. The van der Waals surface area contributed by atoms with Gasteiger partial charge >= 0.3 is 6.18 Å². The Kier molecular flexibility index (Phi) is 6.24. The van der Waals surface area contributed by atoms with E-state index in [-0.39, 0.29) is 13.2 Å². The summed E-state index contributed by atoms with van der Waals surface area (Å²) in [6, 6.07) is 14.7. The fourth-order valence-electron chi connectivity index (χ4n) is 3.26. The zero-order valence-corrected chi connectivity index (χ0v) is 15.5. The van der Waals surface area contributed by atoms with Crippen LogP contribution < -0.4 is 4.74 Å². The van der Waals surface area contributed by atoms with E-state index in [1.807, 2.05) is 36.4 Å². The zero-order chi connectivity index (χ0) is 20.1. The minimum absolute atomic E-state index is 0.123. The number of methoxy groups -OCH3 is 1. The van der Waals surface area contributed by atoms with Crippen LogP contribution in [0.5, 0.6) is 5.75 Å². The van der Waals surface area contributed by atoms with E-state index in [0.29, 0.717) is 18.4 Å². The third-order valence-corrected chi connectivity index (χ3v) is 4.78. The van der Waals surface area contributed by atoms with Crippen molar-refractivity contribution in [1.82, 2.24) is 4.90 Å². The summed E-state index contributed by atoms with van der Waals surface area (Å²) < 4.78 is 48.9. The third kappa shape index (κ3) is 4.84. The molecular weight excluding hydrogens is 371 g/mol. The summed E-state index contributed by atoms with van der Waals surface area (Å²) in [7, 11) is 1.60. The Morgan fingerprint density at radius 3 is 2.71 bits per heavy atom. The van der Waals surface area contributed by atoms with Gasteiger partial charge < -0.3 is 14.4 Å². The molecule has 0 unspecified atom stereocenters. The number of benzene rings is 2. The summed E-state index contributed by atoms with van der Waals surface area (Å²) >= 11 is 0. The summed E-state index contributed by atoms with van der Waals surface area (Å²) in [4.78, 5) is 14.1. The van der Waals surface area contributed by atoms with Gasteiger partial charge in [0.15, 0.2) is 6.10 Å². The van der Waals surface area contributed by atoms with E-state index >= 15 is 0 Å². The van der Waals surface area contributed by atoms with Gasteiger partial charge in [0, 0.05) is 12.1 Å². The van der Waals surface area contributed by atoms with Crippen molar-refractivity contribution in [2.45, 2.75) is 25.1 Å². The topological polar surface area (TPSA) is 38.8 Å². The molecule has 28 heavy (non-hydrogen) atoms. The molecule has 2 aromatic rings. The molecule has 0 N–H and O–H groups in total. The van der Waals surface area contributed by atoms with Crippen molar-refractivity contribution in [2.75, 3.05) is 26.8 Å². The lowest BCUT2D eigenvalue weighted by Crippen LogP contribution is -2.51. The first-order chi connectivity index (χ1) is 13.4. The molecule has 4 nitrogen and oxygen atoms in total. The van der Waals surface area contributed by atoms with Gasteiger partial charge in [-0.1, -0.05) is 30.3 Å². The summed E-state index contributed by atoms with van der Waals surface area (Å²) in [6.45, 7) is -0.454. The first-order valence-electron chi connectivity index (χ1n) is 9.07. The molecule has 1 heterocycles. The Morgan fingerprint density at radius 1 is 1.18 bits per heavy atom. The van der Waals surface area contributed by atoms with E-state index in [0.717, 1.165) is 16.9 Å². The van der Waals surface area contributed by atoms with Crippen molar-refractivity contribution in [3.05, 3.63) is 65.2 Å². The molecule has 150 valence electrons. The number of hydrogen-bond acceptors (Lipinski definition) is 3. The normalized spacial score (nSPS) is 17.4. The minimum Gasteiger partial charge on any atom is -0.497 e. The molecule has 1 aliphatic rings. The number of carbonyl (C=O) groups is 1. The van der Waals surface area contributed by atoms with Gasteiger partial charge in [-0.2, -0.15) is 13.2 Å². The molecule has 1 aliphatic heterocycles. The fourth-order valence-corrected chi connectivity index (χ4v) is 3.26. The van der Waals surface area contributed by atoms with Crippen molar-refractivity contribution in [3.8, 4) is 5.75 Å². The van der Waals surface area contributed by atoms with E-state index in [1.54, 1.807) is 19.2 Å². The molecule has 1 amide bonds. The maximum atomic E-state index is 13.0. The van der Waals surface area contributed by atoms with Crippen molar-refractivity contribution < 1.29 is 27.4 Å². The molecule has 1 atom stereocenters. The van der Waals surface area contributed by atoms with Crippen molar-refractivity contribution in [2.24, 2.45) is 0 Å². The molecule has 0 aromatic heterocycles. The average molecular weight is 393 g/mol. The summed E-state index contributed by atoms with van der Waals surface area (Å²) in [5.74, 6) is 0.368. The predicted octanol–water partition coefficient (Wildman–Crippen LogP) is 3.88. The van der Waals surface area contributed by atoms with Crippen LogP contribution in [0.25, 0.3) is 0 Å². The number of halogens is 3. The highest BCUT2D eigenvalue weighted by Crippen LogP contribution is 2.27. The maximum Gasteiger partial charge on any atom is 0.416 e. The Labute approximate surface area is 161 Å². The second kappa shape index (κ2) is 8.65. The van der Waals surface area contributed by atoms with Crippen LogP contribution in [0.3, 0.4) is 0 Å². The van der Waals surface area contributed by atoms with E-state index in [2.05, 4.69) is 0 Å². The van der Waals surface area contributed by atoms with Crippen LogP contribution in [0.1, 0.15) is 21.5 Å². The van der Waals surface area contributed by atoms with Crippen LogP contribution in [0.15, 0.2) is 48.5 Å². The number of morpholine rings is 1. The second-order valence-electron chi connectivity index (χ2n) is 6.66. The van der Waals surface area contributed by atoms with Gasteiger partial charge in [-0.15, -0.1) is 0 Å². The molecule has 3 rings (SSSR count). The summed E-state index contributed by atoms with van der Waals surface area (Å²) in [5, 5.41) is 0. The fraction of sp³-hybridized carbons (Fsp3) is 0.381. The third-order valence-electron chi connectivity index (χ3n) is 4.78. The standard InChI is InChI=1S/C21H22F3NO3/c1-27-17-7-4-5-15(13-17)9-10-16-6-2-3-8-18(16)20(26)25-11-12-28-19(14-25)21(22,23)24/h2-8,13,19H,9-12,14H2,1H3/t19-/m0/s1. The Morgan fingerprint density at radius 2 is 1.96 bits per heavy atom. The number of aryl methyl sites for hydroxylation is 2. The Bertz CT molecular complexity index is 823. The monoisotopic (exact) mass is 393 g/mol. The average Bonchev–Trinajstić information content (AvgIpc) is 2.71. The van der Waals surface area contributed by atoms with Gasteiger partial charge in [-0.05, 0) is 42.2 Å². The van der Waals surface area contributed by atoms with Crippen LogP contribution in [-0.4, -0.2) is 49.9 Å². The predicted molar refractivity (Wildman–Crippen MR) is 98.5 cm³/mol. The van der Waals surface area contributed by atoms with E-state index in [9.17, 15) is 18.0 Å². The SMILES string of the molecule is COc1cccc(CCc2ccccc2C(=O)N2CCO[C@H](C(F)(F)F)C2)c1. The van der Waals surface area contributed by atoms with Gasteiger partial charge in [0.2, 0.25) is 0 Å². The molecule has 0 radical (unpaired) electrons.